The second-order valence-corrected chi connectivity index (χ2v) is 3.84. The molecular weight excluding hydrogens is 260 g/mol. The number of nitrogens with one attached hydrogen (secondary N) is 2. The van der Waals surface area contributed by atoms with Crippen LogP contribution in [0.25, 0.3) is 11.0 Å². The lowest BCUT2D eigenvalue weighted by Crippen LogP contribution is -2.07. The number of hydrogen-bond acceptors (Lipinski definition) is 4. The van der Waals surface area contributed by atoms with Gasteiger partial charge in [-0.1, -0.05) is 0 Å². The molecule has 18 heavy (non-hydrogen) atoms. The first-order valence-corrected chi connectivity index (χ1v) is 5.51. The number of H-pyrrole nitrogens is 1. The zero-order chi connectivity index (χ0) is 12.3. The molecule has 0 atom stereocenters. The summed E-state index contributed by atoms with van der Waals surface area (Å²) in [4.78, 5) is 21.5. The van der Waals surface area contributed by atoms with Crippen molar-refractivity contribution >= 4 is 34.4 Å². The minimum atomic E-state index is -0.808. The van der Waals surface area contributed by atoms with Crippen molar-refractivity contribution in [2.45, 2.75) is 12.8 Å². The molecule has 2 rings (SSSR count). The Balaban J connectivity index is 0.00000162. The molecule has 2 aromatic rings. The maximum atomic E-state index is 10.4. The second kappa shape index (κ2) is 6.18. The van der Waals surface area contributed by atoms with E-state index in [9.17, 15) is 4.79 Å². The average molecular weight is 273 g/mol. The number of hydrogen-bond donors (Lipinski definition) is 3. The molecule has 0 saturated heterocycles. The Hall–Kier alpha value is -1.86. The molecule has 0 fully saturated rings. The van der Waals surface area contributed by atoms with E-state index in [1.807, 2.05) is 0 Å². The zero-order valence-corrected chi connectivity index (χ0v) is 10.2. The summed E-state index contributed by atoms with van der Waals surface area (Å²) in [6.45, 7) is 0.522. The van der Waals surface area contributed by atoms with Crippen molar-refractivity contribution in [1.82, 2.24) is 15.0 Å². The van der Waals surface area contributed by atoms with E-state index < -0.39 is 5.97 Å². The van der Waals surface area contributed by atoms with Gasteiger partial charge in [0, 0.05) is 19.2 Å². The Morgan fingerprint density at radius 3 is 3.00 bits per heavy atom. The van der Waals surface area contributed by atoms with Gasteiger partial charge in [-0.15, -0.1) is 0 Å². The largest absolute Gasteiger partial charge is 0.481 e. The topological polar surface area (TPSA) is 122 Å². The Morgan fingerprint density at radius 1 is 1.50 bits per heavy atom. The van der Waals surface area contributed by atoms with Gasteiger partial charge in [0.2, 0.25) is 5.28 Å². The third-order valence-corrected chi connectivity index (χ3v) is 2.41. The molecule has 0 radical (unpaired) electrons. The van der Waals surface area contributed by atoms with Crippen LogP contribution in [-0.2, 0) is 4.79 Å². The summed E-state index contributed by atoms with van der Waals surface area (Å²) < 4.78 is 0. The molecule has 2 aromatic heterocycles. The molecule has 0 aliphatic rings. The van der Waals surface area contributed by atoms with Gasteiger partial charge in [-0.05, 0) is 24.1 Å². The normalized spacial score (nSPS) is 10.1. The maximum absolute atomic E-state index is 10.4. The van der Waals surface area contributed by atoms with Crippen molar-refractivity contribution < 1.29 is 15.4 Å². The van der Waals surface area contributed by atoms with Crippen molar-refractivity contribution in [3.63, 3.8) is 0 Å². The molecule has 0 unspecified atom stereocenters. The van der Waals surface area contributed by atoms with Crippen molar-refractivity contribution in [2.24, 2.45) is 0 Å². The average Bonchev–Trinajstić information content (AvgIpc) is 2.71. The summed E-state index contributed by atoms with van der Waals surface area (Å²) in [6, 6.07) is 1.80. The number of aromatic nitrogens is 3. The van der Waals surface area contributed by atoms with Gasteiger partial charge in [0.1, 0.15) is 5.52 Å². The van der Waals surface area contributed by atoms with Gasteiger partial charge in [-0.3, -0.25) is 4.79 Å². The molecule has 0 saturated carbocycles. The summed E-state index contributed by atoms with van der Waals surface area (Å²) in [5, 5.41) is 11.7. The van der Waals surface area contributed by atoms with E-state index in [0.717, 1.165) is 11.0 Å². The fraction of sp³-hybridized carbons (Fsp3) is 0.300. The van der Waals surface area contributed by atoms with Crippen LogP contribution in [0.1, 0.15) is 12.8 Å². The minimum absolute atomic E-state index is 0. The van der Waals surface area contributed by atoms with Crippen LogP contribution in [0, 0.1) is 0 Å². The van der Waals surface area contributed by atoms with Crippen LogP contribution in [0.3, 0.4) is 0 Å². The number of rotatable bonds is 5. The highest BCUT2D eigenvalue weighted by Crippen LogP contribution is 2.20. The van der Waals surface area contributed by atoms with Crippen LogP contribution < -0.4 is 5.32 Å². The zero-order valence-electron chi connectivity index (χ0n) is 9.40. The van der Waals surface area contributed by atoms with E-state index in [1.54, 1.807) is 12.3 Å². The lowest BCUT2D eigenvalue weighted by Gasteiger charge is -2.05. The molecule has 0 aromatic carbocycles. The Bertz CT molecular complexity index is 543. The first-order chi connectivity index (χ1) is 8.16. The number of anilines is 1. The van der Waals surface area contributed by atoms with Crippen LogP contribution in [0.4, 0.5) is 5.82 Å². The molecule has 0 amide bonds. The summed E-state index contributed by atoms with van der Waals surface area (Å²) >= 11 is 5.77. The van der Waals surface area contributed by atoms with Gasteiger partial charge in [0.25, 0.3) is 0 Å². The highest BCUT2D eigenvalue weighted by Gasteiger charge is 2.07. The van der Waals surface area contributed by atoms with Crippen LogP contribution in [0.5, 0.6) is 0 Å². The summed E-state index contributed by atoms with van der Waals surface area (Å²) in [6.07, 6.45) is 2.40. The highest BCUT2D eigenvalue weighted by molar-refractivity contribution is 6.28. The number of fused-ring (bicyclic) bond motifs is 1. The van der Waals surface area contributed by atoms with Crippen molar-refractivity contribution in [2.75, 3.05) is 11.9 Å². The first kappa shape index (κ1) is 14.2. The van der Waals surface area contributed by atoms with Gasteiger partial charge in [0.05, 0.1) is 5.52 Å². The number of carboxylic acid groups (broad SMARTS) is 1. The first-order valence-electron chi connectivity index (χ1n) is 5.13. The molecule has 8 heteroatoms. The molecule has 0 aliphatic heterocycles. The fourth-order valence-corrected chi connectivity index (χ4v) is 1.67. The number of aliphatic carboxylic acids is 1. The quantitative estimate of drug-likeness (QED) is 0.555. The third-order valence-electron chi connectivity index (χ3n) is 2.24. The minimum Gasteiger partial charge on any atom is -0.481 e. The van der Waals surface area contributed by atoms with E-state index in [2.05, 4.69) is 20.3 Å². The van der Waals surface area contributed by atoms with Gasteiger partial charge >= 0.3 is 5.97 Å². The number of carbonyl (C=O) groups is 1. The number of halogens is 1. The number of aromatic amines is 1. The molecule has 7 nitrogen and oxygen atoms in total. The third kappa shape index (κ3) is 3.31. The van der Waals surface area contributed by atoms with E-state index in [-0.39, 0.29) is 17.2 Å². The second-order valence-electron chi connectivity index (χ2n) is 3.50. The Morgan fingerprint density at radius 2 is 2.28 bits per heavy atom. The highest BCUT2D eigenvalue weighted by atomic mass is 35.5. The lowest BCUT2D eigenvalue weighted by atomic mass is 10.3. The van der Waals surface area contributed by atoms with E-state index in [1.165, 1.54) is 0 Å². The Labute approximate surface area is 108 Å². The van der Waals surface area contributed by atoms with Crippen molar-refractivity contribution in [1.29, 1.82) is 0 Å². The fourth-order valence-electron chi connectivity index (χ4n) is 1.49. The molecule has 0 aliphatic carbocycles. The van der Waals surface area contributed by atoms with Gasteiger partial charge in [0.15, 0.2) is 5.82 Å². The SMILES string of the molecule is O.O=C(O)CCCNc1nc(Cl)nc2cc[nH]c12. The van der Waals surface area contributed by atoms with Crippen LogP contribution in [-0.4, -0.2) is 38.0 Å². The van der Waals surface area contributed by atoms with E-state index >= 15 is 0 Å². The lowest BCUT2D eigenvalue weighted by molar-refractivity contribution is -0.137. The number of carboxylic acids is 1. The van der Waals surface area contributed by atoms with Gasteiger partial charge < -0.3 is 20.9 Å². The van der Waals surface area contributed by atoms with E-state index in [0.29, 0.717) is 18.8 Å². The molecule has 2 heterocycles. The summed E-state index contributed by atoms with van der Waals surface area (Å²) in [5.41, 5.74) is 1.50. The van der Waals surface area contributed by atoms with Crippen LogP contribution >= 0.6 is 11.6 Å². The molecule has 0 bridgehead atoms. The smallest absolute Gasteiger partial charge is 0.303 e. The van der Waals surface area contributed by atoms with Crippen LogP contribution in [0.2, 0.25) is 5.28 Å². The van der Waals surface area contributed by atoms with Crippen LogP contribution in [0.15, 0.2) is 12.3 Å². The monoisotopic (exact) mass is 272 g/mol. The molecule has 0 spiro atoms. The predicted octanol–water partition coefficient (Wildman–Crippen LogP) is 1.06. The molecular formula is C10H13ClN4O3. The van der Waals surface area contributed by atoms with Gasteiger partial charge in [-0.25, -0.2) is 4.98 Å². The van der Waals surface area contributed by atoms with Crippen molar-refractivity contribution in [3.05, 3.63) is 17.5 Å². The molecule has 98 valence electrons. The predicted molar refractivity (Wildman–Crippen MR) is 67.9 cm³/mol. The maximum Gasteiger partial charge on any atom is 0.303 e. The summed E-state index contributed by atoms with van der Waals surface area (Å²) in [7, 11) is 0. The standard InChI is InChI=1S/C10H11ClN4O2.H2O/c11-10-14-6-3-5-12-8(6)9(15-10)13-4-1-2-7(16)17;/h3,5,12H,1-2,4H2,(H,16,17)(H,13,14,15);1H2. The van der Waals surface area contributed by atoms with E-state index in [4.69, 9.17) is 16.7 Å². The molecule has 5 N–H and O–H groups in total. The summed E-state index contributed by atoms with van der Waals surface area (Å²) in [5.74, 6) is -0.215. The number of nitrogens with zero attached hydrogens (tertiary/aromatic N) is 2. The van der Waals surface area contributed by atoms with Crippen molar-refractivity contribution in [3.8, 4) is 0 Å². The Kier molecular flexibility index (Phi) is 4.87. The van der Waals surface area contributed by atoms with Gasteiger partial charge in [-0.2, -0.15) is 4.98 Å².